The Morgan fingerprint density at radius 2 is 2.15 bits per heavy atom. The number of ether oxygens (including phenoxy) is 2. The van der Waals surface area contributed by atoms with E-state index >= 15 is 0 Å². The van der Waals surface area contributed by atoms with E-state index in [1.807, 2.05) is 0 Å². The Kier molecular flexibility index (Phi) is 5.10. The van der Waals surface area contributed by atoms with Crippen molar-refractivity contribution in [2.24, 2.45) is 5.10 Å². The van der Waals surface area contributed by atoms with Gasteiger partial charge in [0.05, 0.1) is 18.9 Å². The predicted molar refractivity (Wildman–Crippen MR) is 91.5 cm³/mol. The van der Waals surface area contributed by atoms with Crippen LogP contribution < -0.4 is 19.8 Å². The zero-order valence-corrected chi connectivity index (χ0v) is 14.5. The summed E-state index contributed by atoms with van der Waals surface area (Å²) in [5.41, 5.74) is 0.474. The number of rotatable bonds is 8. The van der Waals surface area contributed by atoms with Gasteiger partial charge in [0, 0.05) is 11.8 Å². The second-order valence-corrected chi connectivity index (χ2v) is 6.73. The van der Waals surface area contributed by atoms with E-state index in [2.05, 4.69) is 15.4 Å². The number of hydrogen-bond donors (Lipinski definition) is 2. The van der Waals surface area contributed by atoms with E-state index in [1.54, 1.807) is 25.1 Å². The van der Waals surface area contributed by atoms with Gasteiger partial charge in [0.2, 0.25) is 6.79 Å². The van der Waals surface area contributed by atoms with Crippen LogP contribution >= 0.6 is 7.67 Å². The molecule has 0 amide bonds. The first kappa shape index (κ1) is 17.8. The molecule has 1 aromatic heterocycles. The van der Waals surface area contributed by atoms with Gasteiger partial charge in [-0.1, -0.05) is 0 Å². The first-order valence-electron chi connectivity index (χ1n) is 7.46. The molecule has 0 spiro atoms. The number of hydrazone groups is 1. The molecule has 0 saturated heterocycles. The average Bonchev–Trinajstić information content (AvgIpc) is 3.23. The van der Waals surface area contributed by atoms with Crippen LogP contribution in [0.5, 0.6) is 11.5 Å². The smallest absolute Gasteiger partial charge is 0.433 e. The van der Waals surface area contributed by atoms with Crippen molar-refractivity contribution in [2.45, 2.75) is 6.92 Å². The number of fused-ring (bicyclic) bond motifs is 1. The fourth-order valence-electron chi connectivity index (χ4n) is 2.08. The largest absolute Gasteiger partial charge is 0.454 e. The summed E-state index contributed by atoms with van der Waals surface area (Å²) in [7, 11) is -3.59. The molecule has 0 saturated carbocycles. The average molecular weight is 382 g/mol. The highest BCUT2D eigenvalue weighted by atomic mass is 31.2. The van der Waals surface area contributed by atoms with Crippen molar-refractivity contribution in [1.82, 2.24) is 5.20 Å². The van der Waals surface area contributed by atoms with Gasteiger partial charge in [-0.3, -0.25) is 19.7 Å². The van der Waals surface area contributed by atoms with Gasteiger partial charge in [-0.05, 0) is 25.1 Å². The van der Waals surface area contributed by atoms with Gasteiger partial charge in [-0.2, -0.15) is 5.10 Å². The van der Waals surface area contributed by atoms with E-state index in [9.17, 15) is 14.7 Å². The SMILES string of the molecule is CCOP(=O)(N/N=C/c1ccc([N+](=O)[O-])o1)Nc1ccc2c(c1)OCO2. The minimum atomic E-state index is -3.59. The Hall–Kier alpha value is -3.04. The monoisotopic (exact) mass is 382 g/mol. The van der Waals surface area contributed by atoms with Gasteiger partial charge in [-0.15, -0.1) is 0 Å². The van der Waals surface area contributed by atoms with Gasteiger partial charge < -0.3 is 13.9 Å². The Balaban J connectivity index is 1.69. The second kappa shape index (κ2) is 7.46. The van der Waals surface area contributed by atoms with E-state index in [-0.39, 0.29) is 19.2 Å². The van der Waals surface area contributed by atoms with Crippen LogP contribution in [0, 0.1) is 10.1 Å². The molecule has 1 aliphatic rings. The number of furan rings is 1. The number of nitrogens with zero attached hydrogens (tertiary/aromatic N) is 2. The van der Waals surface area contributed by atoms with Crippen LogP contribution in [-0.2, 0) is 9.09 Å². The van der Waals surface area contributed by atoms with Crippen molar-refractivity contribution in [2.75, 3.05) is 18.5 Å². The Labute approximate surface area is 147 Å². The summed E-state index contributed by atoms with van der Waals surface area (Å²) in [6.07, 6.45) is 1.15. The Morgan fingerprint density at radius 1 is 1.35 bits per heavy atom. The van der Waals surface area contributed by atoms with Crippen LogP contribution in [0.2, 0.25) is 0 Å². The lowest BCUT2D eigenvalue weighted by Gasteiger charge is -2.18. The van der Waals surface area contributed by atoms with Crippen LogP contribution in [0.4, 0.5) is 11.6 Å². The highest BCUT2D eigenvalue weighted by Crippen LogP contribution is 2.44. The third kappa shape index (κ3) is 4.13. The van der Waals surface area contributed by atoms with Gasteiger partial charge in [0.1, 0.15) is 4.92 Å². The standard InChI is InChI=1S/C14H15N4O7P/c1-2-24-26(21,16-10-3-5-12-13(7-10)23-9-22-12)17-15-8-11-4-6-14(25-11)18(19)20/h3-8H,2,9H2,1H3,(H2,16,17,21)/b15-8+. The molecule has 1 atom stereocenters. The molecule has 1 aliphatic heterocycles. The Morgan fingerprint density at radius 3 is 2.88 bits per heavy atom. The molecule has 138 valence electrons. The molecule has 2 N–H and O–H groups in total. The summed E-state index contributed by atoms with van der Waals surface area (Å²) >= 11 is 0. The van der Waals surface area contributed by atoms with Crippen LogP contribution in [0.1, 0.15) is 12.7 Å². The summed E-state index contributed by atoms with van der Waals surface area (Å²) in [5, 5.41) is 19.5. The number of nitrogens with one attached hydrogen (secondary N) is 2. The molecule has 0 aliphatic carbocycles. The lowest BCUT2D eigenvalue weighted by atomic mass is 10.3. The summed E-state index contributed by atoms with van der Waals surface area (Å²) in [6.45, 7) is 1.96. The number of benzene rings is 1. The van der Waals surface area contributed by atoms with Crippen LogP contribution in [0.3, 0.4) is 0 Å². The number of hydrogen-bond acceptors (Lipinski definition) is 8. The third-order valence-electron chi connectivity index (χ3n) is 3.13. The first-order chi connectivity index (χ1) is 12.5. The van der Waals surface area contributed by atoms with Gasteiger partial charge in [0.25, 0.3) is 0 Å². The van der Waals surface area contributed by atoms with Crippen molar-refractivity contribution in [3.63, 3.8) is 0 Å². The molecule has 26 heavy (non-hydrogen) atoms. The fourth-order valence-corrected chi connectivity index (χ4v) is 3.31. The van der Waals surface area contributed by atoms with E-state index < -0.39 is 18.5 Å². The van der Waals surface area contributed by atoms with Gasteiger partial charge in [0.15, 0.2) is 17.3 Å². The summed E-state index contributed by atoms with van der Waals surface area (Å²) in [4.78, 5) is 9.90. The third-order valence-corrected chi connectivity index (χ3v) is 4.69. The quantitative estimate of drug-likeness (QED) is 0.305. The minimum Gasteiger partial charge on any atom is -0.454 e. The van der Waals surface area contributed by atoms with E-state index in [1.165, 1.54) is 12.1 Å². The van der Waals surface area contributed by atoms with Crippen LogP contribution in [-0.4, -0.2) is 24.5 Å². The number of anilines is 1. The van der Waals surface area contributed by atoms with E-state index in [4.69, 9.17) is 18.4 Å². The highest BCUT2D eigenvalue weighted by Gasteiger charge is 2.23. The van der Waals surface area contributed by atoms with Crippen molar-refractivity contribution >= 4 is 25.5 Å². The molecule has 2 aromatic rings. The predicted octanol–water partition coefficient (Wildman–Crippen LogP) is 3.10. The maximum absolute atomic E-state index is 12.8. The Bertz CT molecular complexity index is 882. The van der Waals surface area contributed by atoms with Crippen molar-refractivity contribution < 1.29 is 27.9 Å². The van der Waals surface area contributed by atoms with Gasteiger partial charge in [-0.25, -0.2) is 9.76 Å². The lowest BCUT2D eigenvalue weighted by molar-refractivity contribution is -0.402. The highest BCUT2D eigenvalue weighted by molar-refractivity contribution is 7.58. The van der Waals surface area contributed by atoms with E-state index in [0.29, 0.717) is 17.2 Å². The first-order valence-corrected chi connectivity index (χ1v) is 9.08. The second-order valence-electron chi connectivity index (χ2n) is 4.94. The molecule has 3 rings (SSSR count). The maximum atomic E-state index is 12.8. The van der Waals surface area contributed by atoms with Crippen LogP contribution in [0.15, 0.2) is 39.9 Å². The van der Waals surface area contributed by atoms with Crippen LogP contribution in [0.25, 0.3) is 0 Å². The van der Waals surface area contributed by atoms with Crippen molar-refractivity contribution in [3.8, 4) is 11.5 Å². The van der Waals surface area contributed by atoms with Crippen molar-refractivity contribution in [3.05, 3.63) is 46.2 Å². The fraction of sp³-hybridized carbons (Fsp3) is 0.214. The molecule has 0 radical (unpaired) electrons. The molecular weight excluding hydrogens is 367 g/mol. The normalized spacial score (nSPS) is 15.0. The molecule has 12 heteroatoms. The molecule has 2 heterocycles. The van der Waals surface area contributed by atoms with Crippen molar-refractivity contribution in [1.29, 1.82) is 0 Å². The molecule has 0 fully saturated rings. The molecule has 1 unspecified atom stereocenters. The van der Waals surface area contributed by atoms with E-state index in [0.717, 1.165) is 6.21 Å². The molecular formula is C14H15N4O7P. The zero-order chi connectivity index (χ0) is 18.6. The molecule has 1 aromatic carbocycles. The summed E-state index contributed by atoms with van der Waals surface area (Å²) in [5.74, 6) is 0.810. The lowest BCUT2D eigenvalue weighted by Crippen LogP contribution is -2.13. The maximum Gasteiger partial charge on any atom is 0.433 e. The summed E-state index contributed by atoms with van der Waals surface area (Å²) in [6, 6.07) is 7.50. The zero-order valence-electron chi connectivity index (χ0n) is 13.6. The molecule has 11 nitrogen and oxygen atoms in total. The minimum absolute atomic E-state index is 0.121. The number of nitro groups is 1. The van der Waals surface area contributed by atoms with Gasteiger partial charge >= 0.3 is 13.6 Å². The topological polar surface area (TPSA) is 137 Å². The molecule has 0 bridgehead atoms. The summed E-state index contributed by atoms with van der Waals surface area (Å²) < 4.78 is 33.5.